The minimum absolute atomic E-state index is 0.0936. The Morgan fingerprint density at radius 1 is 1.16 bits per heavy atom. The average molecular weight is 442 g/mol. The van der Waals surface area contributed by atoms with Crippen molar-refractivity contribution >= 4 is 28.9 Å². The number of piperidine rings is 1. The van der Waals surface area contributed by atoms with E-state index in [0.717, 1.165) is 37.5 Å². The minimum Gasteiger partial charge on any atom is -0.477 e. The van der Waals surface area contributed by atoms with Crippen LogP contribution in [0, 0.1) is 15.9 Å². The summed E-state index contributed by atoms with van der Waals surface area (Å²) in [6.45, 7) is 1.40. The number of amides is 2. The van der Waals surface area contributed by atoms with Gasteiger partial charge in [0.15, 0.2) is 6.10 Å². The van der Waals surface area contributed by atoms with Crippen LogP contribution >= 0.6 is 0 Å². The van der Waals surface area contributed by atoms with Gasteiger partial charge in [-0.2, -0.15) is 0 Å². The van der Waals surface area contributed by atoms with Gasteiger partial charge in [-0.25, -0.2) is 4.39 Å². The number of carbonyl (C=O) groups excluding carboxylic acids is 2. The second kappa shape index (κ2) is 9.21. The molecule has 2 aromatic carbocycles. The second-order valence-electron chi connectivity index (χ2n) is 7.81. The molecule has 0 aromatic heterocycles. The average Bonchev–Trinajstić information content (AvgIpc) is 2.80. The molecule has 0 aliphatic carbocycles. The van der Waals surface area contributed by atoms with E-state index in [1.807, 2.05) is 0 Å². The summed E-state index contributed by atoms with van der Waals surface area (Å²) in [4.78, 5) is 39.7. The van der Waals surface area contributed by atoms with Crippen LogP contribution in [0.25, 0.3) is 0 Å². The summed E-state index contributed by atoms with van der Waals surface area (Å²) in [6, 6.07) is 10.1. The molecule has 0 saturated carbocycles. The lowest BCUT2D eigenvalue weighted by Gasteiger charge is -2.38. The lowest BCUT2D eigenvalue weighted by Crippen LogP contribution is -2.52. The van der Waals surface area contributed by atoms with E-state index in [1.165, 1.54) is 0 Å². The Labute approximate surface area is 183 Å². The van der Waals surface area contributed by atoms with Crippen LogP contribution in [0.15, 0.2) is 42.5 Å². The molecule has 2 aliphatic heterocycles. The number of hydrogen-bond donors (Lipinski definition) is 1. The number of rotatable bonds is 5. The van der Waals surface area contributed by atoms with Crippen molar-refractivity contribution in [1.82, 2.24) is 4.90 Å². The number of hydrogen-bond acceptors (Lipinski definition) is 6. The maximum Gasteiger partial charge on any atom is 0.295 e. The van der Waals surface area contributed by atoms with Crippen LogP contribution in [0.1, 0.15) is 19.3 Å². The molecule has 2 aromatic rings. The Hall–Kier alpha value is -3.69. The van der Waals surface area contributed by atoms with Crippen molar-refractivity contribution in [2.75, 3.05) is 36.4 Å². The number of halogens is 1. The molecule has 0 radical (unpaired) electrons. The van der Waals surface area contributed by atoms with Crippen molar-refractivity contribution in [2.24, 2.45) is 0 Å². The molecule has 168 valence electrons. The predicted molar refractivity (Wildman–Crippen MR) is 115 cm³/mol. The number of anilines is 2. The van der Waals surface area contributed by atoms with E-state index in [0.29, 0.717) is 24.5 Å². The van der Waals surface area contributed by atoms with Gasteiger partial charge in [0, 0.05) is 13.1 Å². The topological polar surface area (TPSA) is 105 Å². The molecule has 2 heterocycles. The maximum atomic E-state index is 13.4. The summed E-state index contributed by atoms with van der Waals surface area (Å²) in [5, 5.41) is 13.7. The molecular formula is C22H23FN4O5. The van der Waals surface area contributed by atoms with E-state index in [1.54, 1.807) is 34.1 Å². The van der Waals surface area contributed by atoms with Gasteiger partial charge in [-0.15, -0.1) is 0 Å². The Morgan fingerprint density at radius 2 is 1.91 bits per heavy atom. The van der Waals surface area contributed by atoms with Crippen molar-refractivity contribution < 1.29 is 23.6 Å². The fourth-order valence-corrected chi connectivity index (χ4v) is 4.03. The number of ether oxygens (including phenoxy) is 1. The van der Waals surface area contributed by atoms with Crippen LogP contribution in [0.3, 0.4) is 0 Å². The monoisotopic (exact) mass is 442 g/mol. The normalized spacial score (nSPS) is 17.8. The van der Waals surface area contributed by atoms with Gasteiger partial charge in [0.05, 0.1) is 29.8 Å². The fraction of sp³-hybridized carbons (Fsp3) is 0.364. The molecule has 0 unspecified atom stereocenters. The zero-order valence-corrected chi connectivity index (χ0v) is 17.3. The highest BCUT2D eigenvalue weighted by Gasteiger charge is 2.34. The van der Waals surface area contributed by atoms with Crippen LogP contribution in [0.4, 0.5) is 21.5 Å². The van der Waals surface area contributed by atoms with Gasteiger partial charge in [-0.05, 0) is 43.5 Å². The molecular weight excluding hydrogens is 419 g/mol. The Kier molecular flexibility index (Phi) is 6.20. The summed E-state index contributed by atoms with van der Waals surface area (Å²) in [7, 11) is 0. The van der Waals surface area contributed by atoms with Crippen molar-refractivity contribution in [3.05, 3.63) is 58.4 Å². The van der Waals surface area contributed by atoms with Gasteiger partial charge in [-0.3, -0.25) is 19.7 Å². The van der Waals surface area contributed by atoms with E-state index in [9.17, 15) is 24.1 Å². The molecule has 1 atom stereocenters. The summed E-state index contributed by atoms with van der Waals surface area (Å²) >= 11 is 0. The molecule has 0 spiro atoms. The molecule has 9 nitrogen and oxygen atoms in total. The summed E-state index contributed by atoms with van der Waals surface area (Å²) in [5.41, 5.74) is 0.0294. The van der Waals surface area contributed by atoms with Crippen LogP contribution in [0.5, 0.6) is 5.75 Å². The van der Waals surface area contributed by atoms with E-state index >= 15 is 0 Å². The molecule has 1 saturated heterocycles. The number of likely N-dealkylation sites (tertiary alicyclic amines) is 1. The first-order valence-electron chi connectivity index (χ1n) is 10.5. The van der Waals surface area contributed by atoms with Crippen molar-refractivity contribution in [3.63, 3.8) is 0 Å². The van der Waals surface area contributed by atoms with Crippen LogP contribution in [-0.2, 0) is 9.59 Å². The molecule has 10 heteroatoms. The van der Waals surface area contributed by atoms with Gasteiger partial charge in [0.2, 0.25) is 5.91 Å². The van der Waals surface area contributed by atoms with Crippen LogP contribution in [0.2, 0.25) is 0 Å². The number of carbonyl (C=O) groups is 2. The van der Waals surface area contributed by atoms with Crippen LogP contribution in [-0.4, -0.2) is 53.9 Å². The standard InChI is InChI=1S/C22H23FN4O5/c23-15-8-9-16(18(12-15)27(30)31)24-21(28)14-26-13-20(22(29)25-10-4-1-5-11-25)32-19-7-3-2-6-17(19)26/h2-3,6-9,12,20H,1,4-5,10-11,13-14H2,(H,24,28)/t20-/m0/s1. The third kappa shape index (κ3) is 4.63. The maximum absolute atomic E-state index is 13.4. The number of nitro groups is 1. The summed E-state index contributed by atoms with van der Waals surface area (Å²) in [6.07, 6.45) is 2.26. The Bertz CT molecular complexity index is 1040. The number of para-hydroxylation sites is 2. The van der Waals surface area contributed by atoms with Crippen molar-refractivity contribution in [2.45, 2.75) is 25.4 Å². The Morgan fingerprint density at radius 3 is 2.66 bits per heavy atom. The summed E-state index contributed by atoms with van der Waals surface area (Å²) in [5.74, 6) is -0.912. The second-order valence-corrected chi connectivity index (χ2v) is 7.81. The highest BCUT2D eigenvalue weighted by molar-refractivity contribution is 5.96. The van der Waals surface area contributed by atoms with Crippen molar-refractivity contribution in [1.29, 1.82) is 0 Å². The number of nitro benzene ring substituents is 1. The van der Waals surface area contributed by atoms with Gasteiger partial charge in [0.25, 0.3) is 11.6 Å². The lowest BCUT2D eigenvalue weighted by atomic mass is 10.1. The van der Waals surface area contributed by atoms with Gasteiger partial charge in [-0.1, -0.05) is 12.1 Å². The number of fused-ring (bicyclic) bond motifs is 1. The third-order valence-corrected chi connectivity index (χ3v) is 5.57. The van der Waals surface area contributed by atoms with Gasteiger partial charge < -0.3 is 19.9 Å². The minimum atomic E-state index is -0.768. The summed E-state index contributed by atoms with van der Waals surface area (Å²) < 4.78 is 19.3. The first-order chi connectivity index (χ1) is 15.4. The van der Waals surface area contributed by atoms with E-state index < -0.39 is 28.4 Å². The third-order valence-electron chi connectivity index (χ3n) is 5.57. The van der Waals surface area contributed by atoms with E-state index in [-0.39, 0.29) is 24.7 Å². The largest absolute Gasteiger partial charge is 0.477 e. The zero-order valence-electron chi connectivity index (χ0n) is 17.3. The Balaban J connectivity index is 1.51. The lowest BCUT2D eigenvalue weighted by molar-refractivity contribution is -0.384. The molecule has 0 bridgehead atoms. The zero-order chi connectivity index (χ0) is 22.7. The fourth-order valence-electron chi connectivity index (χ4n) is 4.03. The number of nitrogens with one attached hydrogen (secondary N) is 1. The van der Waals surface area contributed by atoms with Gasteiger partial charge in [0.1, 0.15) is 17.3 Å². The van der Waals surface area contributed by atoms with Crippen molar-refractivity contribution in [3.8, 4) is 5.75 Å². The number of nitrogens with zero attached hydrogens (tertiary/aromatic N) is 3. The van der Waals surface area contributed by atoms with E-state index in [4.69, 9.17) is 4.74 Å². The molecule has 2 amide bonds. The highest BCUT2D eigenvalue weighted by Crippen LogP contribution is 2.34. The van der Waals surface area contributed by atoms with Crippen LogP contribution < -0.4 is 15.0 Å². The molecule has 1 N–H and O–H groups in total. The smallest absolute Gasteiger partial charge is 0.295 e. The van der Waals surface area contributed by atoms with Gasteiger partial charge >= 0.3 is 0 Å². The quantitative estimate of drug-likeness (QED) is 0.564. The molecule has 1 fully saturated rings. The first kappa shape index (κ1) is 21.5. The number of benzene rings is 2. The van der Waals surface area contributed by atoms with E-state index in [2.05, 4.69) is 5.32 Å². The first-order valence-corrected chi connectivity index (χ1v) is 10.5. The molecule has 2 aliphatic rings. The molecule has 32 heavy (non-hydrogen) atoms. The predicted octanol–water partition coefficient (Wildman–Crippen LogP) is 2.95. The highest BCUT2D eigenvalue weighted by atomic mass is 19.1. The SMILES string of the molecule is O=C(CN1C[C@@H](C(=O)N2CCCCC2)Oc2ccccc21)Nc1ccc(F)cc1[N+](=O)[O-]. The molecule has 4 rings (SSSR count).